The lowest BCUT2D eigenvalue weighted by molar-refractivity contribution is 0.554. The number of hydrogen-bond acceptors (Lipinski definition) is 5. The van der Waals surface area contributed by atoms with Gasteiger partial charge in [-0.15, -0.1) is 0 Å². The van der Waals surface area contributed by atoms with Crippen LogP contribution < -0.4 is 11.2 Å². The van der Waals surface area contributed by atoms with E-state index in [2.05, 4.69) is 4.98 Å². The summed E-state index contributed by atoms with van der Waals surface area (Å²) in [5, 5.41) is 1.61. The maximum atomic E-state index is 13.0. The van der Waals surface area contributed by atoms with Gasteiger partial charge >= 0.3 is 5.63 Å². The fourth-order valence-electron chi connectivity index (χ4n) is 3.57. The van der Waals surface area contributed by atoms with E-state index in [1.54, 1.807) is 0 Å². The quantitative estimate of drug-likeness (QED) is 0.439. The maximum Gasteiger partial charge on any atom is 0.336 e. The number of aromatic nitrogens is 2. The Morgan fingerprint density at radius 1 is 0.964 bits per heavy atom. The van der Waals surface area contributed by atoms with E-state index < -0.39 is 5.63 Å². The number of aryl methyl sites for hydroxylation is 2. The highest BCUT2D eigenvalue weighted by atomic mass is 16.4. The van der Waals surface area contributed by atoms with Crippen LogP contribution in [0.1, 0.15) is 16.7 Å². The molecule has 138 valence electrons. The number of fused-ring (bicyclic) bond motifs is 4. The Balaban J connectivity index is 1.71. The molecule has 6 heteroatoms. The SMILES string of the molecule is Cc1ccc2c(Cn3cnc4c(oc5ccccc54)c3=O)cc(=O)oc2c1C. The van der Waals surface area contributed by atoms with Gasteiger partial charge < -0.3 is 8.83 Å². The molecule has 3 aromatic heterocycles. The molecule has 5 aromatic rings. The molecule has 0 saturated heterocycles. The Bertz CT molecular complexity index is 1500. The van der Waals surface area contributed by atoms with Gasteiger partial charge in [0.05, 0.1) is 12.9 Å². The lowest BCUT2D eigenvalue weighted by atomic mass is 10.0. The Morgan fingerprint density at radius 3 is 2.64 bits per heavy atom. The predicted molar refractivity (Wildman–Crippen MR) is 107 cm³/mol. The highest BCUT2D eigenvalue weighted by molar-refractivity contribution is 6.01. The largest absolute Gasteiger partial charge is 0.448 e. The first-order valence-corrected chi connectivity index (χ1v) is 8.92. The molecule has 0 aliphatic carbocycles. The molecule has 0 bridgehead atoms. The third-order valence-corrected chi connectivity index (χ3v) is 5.21. The molecule has 0 atom stereocenters. The van der Waals surface area contributed by atoms with Crippen LogP contribution in [0.15, 0.2) is 67.2 Å². The van der Waals surface area contributed by atoms with Gasteiger partial charge in [0.1, 0.15) is 16.7 Å². The first-order chi connectivity index (χ1) is 13.5. The van der Waals surface area contributed by atoms with Crippen LogP contribution in [0.3, 0.4) is 0 Å². The Kier molecular flexibility index (Phi) is 3.49. The molecule has 28 heavy (non-hydrogen) atoms. The van der Waals surface area contributed by atoms with Crippen LogP contribution in [-0.2, 0) is 6.54 Å². The second-order valence-corrected chi connectivity index (χ2v) is 6.93. The molecule has 6 nitrogen and oxygen atoms in total. The van der Waals surface area contributed by atoms with Crippen molar-refractivity contribution < 1.29 is 8.83 Å². The van der Waals surface area contributed by atoms with Crippen molar-refractivity contribution in [1.29, 1.82) is 0 Å². The van der Waals surface area contributed by atoms with Crippen molar-refractivity contribution in [3.05, 3.63) is 86.3 Å². The maximum absolute atomic E-state index is 13.0. The molecule has 3 heterocycles. The molecule has 5 rings (SSSR count). The van der Waals surface area contributed by atoms with Gasteiger partial charge in [-0.2, -0.15) is 0 Å². The Labute approximate surface area is 158 Å². The van der Waals surface area contributed by atoms with Crippen LogP contribution in [-0.4, -0.2) is 9.55 Å². The minimum Gasteiger partial charge on any atom is -0.448 e. The molecule has 0 aliphatic heterocycles. The summed E-state index contributed by atoms with van der Waals surface area (Å²) < 4.78 is 12.6. The van der Waals surface area contributed by atoms with Gasteiger partial charge in [-0.3, -0.25) is 9.36 Å². The van der Waals surface area contributed by atoms with Crippen molar-refractivity contribution in [3.63, 3.8) is 0 Å². The summed E-state index contributed by atoms with van der Waals surface area (Å²) in [6.07, 6.45) is 1.49. The first kappa shape index (κ1) is 16.5. The molecular weight excluding hydrogens is 356 g/mol. The van der Waals surface area contributed by atoms with Crippen LogP contribution in [0.5, 0.6) is 0 Å². The van der Waals surface area contributed by atoms with Gasteiger partial charge in [0.15, 0.2) is 0 Å². The fraction of sp³-hybridized carbons (Fsp3) is 0.136. The summed E-state index contributed by atoms with van der Waals surface area (Å²) in [6.45, 7) is 4.08. The zero-order valence-corrected chi connectivity index (χ0v) is 15.4. The van der Waals surface area contributed by atoms with E-state index in [0.29, 0.717) is 22.2 Å². The van der Waals surface area contributed by atoms with Gasteiger partial charge in [-0.25, -0.2) is 9.78 Å². The summed E-state index contributed by atoms with van der Waals surface area (Å²) in [5.41, 5.74) is 3.85. The van der Waals surface area contributed by atoms with Crippen LogP contribution in [0.4, 0.5) is 0 Å². The number of hydrogen-bond donors (Lipinski definition) is 0. The van der Waals surface area contributed by atoms with Gasteiger partial charge in [0, 0.05) is 16.8 Å². The molecule has 0 N–H and O–H groups in total. The first-order valence-electron chi connectivity index (χ1n) is 8.92. The lowest BCUT2D eigenvalue weighted by Crippen LogP contribution is -2.21. The van der Waals surface area contributed by atoms with Gasteiger partial charge in [-0.05, 0) is 42.7 Å². The van der Waals surface area contributed by atoms with Crippen molar-refractivity contribution in [2.75, 3.05) is 0 Å². The number of nitrogens with zero attached hydrogens (tertiary/aromatic N) is 2. The lowest BCUT2D eigenvalue weighted by Gasteiger charge is -2.10. The van der Waals surface area contributed by atoms with Crippen molar-refractivity contribution in [2.45, 2.75) is 20.4 Å². The van der Waals surface area contributed by atoms with Crippen molar-refractivity contribution in [1.82, 2.24) is 9.55 Å². The Morgan fingerprint density at radius 2 is 1.79 bits per heavy atom. The second-order valence-electron chi connectivity index (χ2n) is 6.93. The van der Waals surface area contributed by atoms with E-state index in [1.165, 1.54) is 17.0 Å². The van der Waals surface area contributed by atoms with E-state index >= 15 is 0 Å². The summed E-state index contributed by atoms with van der Waals surface area (Å²) in [4.78, 5) is 29.5. The highest BCUT2D eigenvalue weighted by Crippen LogP contribution is 2.25. The molecule has 0 saturated carbocycles. The van der Waals surface area contributed by atoms with E-state index in [1.807, 2.05) is 50.2 Å². The summed E-state index contributed by atoms with van der Waals surface area (Å²) in [7, 11) is 0. The summed E-state index contributed by atoms with van der Waals surface area (Å²) >= 11 is 0. The average molecular weight is 372 g/mol. The topological polar surface area (TPSA) is 78.2 Å². The predicted octanol–water partition coefficient (Wildman–Crippen LogP) is 3.91. The van der Waals surface area contributed by atoms with E-state index in [4.69, 9.17) is 8.83 Å². The van der Waals surface area contributed by atoms with Crippen LogP contribution >= 0.6 is 0 Å². The van der Waals surface area contributed by atoms with Crippen molar-refractivity contribution in [2.24, 2.45) is 0 Å². The Hall–Kier alpha value is -3.67. The zero-order valence-electron chi connectivity index (χ0n) is 15.4. The normalized spacial score (nSPS) is 11.6. The molecule has 0 unspecified atom stereocenters. The minimum atomic E-state index is -0.443. The van der Waals surface area contributed by atoms with Gasteiger partial charge in [0.25, 0.3) is 5.56 Å². The molecule has 2 aromatic carbocycles. The highest BCUT2D eigenvalue weighted by Gasteiger charge is 2.15. The van der Waals surface area contributed by atoms with Crippen molar-refractivity contribution in [3.8, 4) is 0 Å². The average Bonchev–Trinajstić information content (AvgIpc) is 3.07. The van der Waals surface area contributed by atoms with E-state index in [-0.39, 0.29) is 17.7 Å². The summed E-state index contributed by atoms with van der Waals surface area (Å²) in [5.74, 6) is 0. The number of benzene rings is 2. The monoisotopic (exact) mass is 372 g/mol. The number of rotatable bonds is 2. The molecule has 0 spiro atoms. The third kappa shape index (κ3) is 2.38. The third-order valence-electron chi connectivity index (χ3n) is 5.21. The molecule has 0 amide bonds. The zero-order chi connectivity index (χ0) is 19.4. The van der Waals surface area contributed by atoms with E-state index in [9.17, 15) is 9.59 Å². The fourth-order valence-corrected chi connectivity index (χ4v) is 3.57. The van der Waals surface area contributed by atoms with Crippen molar-refractivity contribution >= 4 is 33.0 Å². The smallest absolute Gasteiger partial charge is 0.336 e. The van der Waals surface area contributed by atoms with Crippen LogP contribution in [0.2, 0.25) is 0 Å². The summed E-state index contributed by atoms with van der Waals surface area (Å²) in [6, 6.07) is 12.7. The van der Waals surface area contributed by atoms with E-state index in [0.717, 1.165) is 21.9 Å². The molecule has 0 radical (unpaired) electrons. The molecular formula is C22H16N2O4. The number of para-hydroxylation sites is 1. The number of furan rings is 1. The molecule has 0 fully saturated rings. The standard InChI is InChI=1S/C22H16N2O4/c1-12-7-8-15-14(9-18(25)28-20(15)13(12)2)10-24-11-23-19-16-5-3-4-6-17(16)27-21(19)22(24)26/h3-9,11H,10H2,1-2H3. The molecule has 0 aliphatic rings. The second kappa shape index (κ2) is 5.92. The minimum absolute atomic E-state index is 0.198. The van der Waals surface area contributed by atoms with Crippen LogP contribution in [0.25, 0.3) is 33.0 Å². The van der Waals surface area contributed by atoms with Gasteiger partial charge in [0.2, 0.25) is 5.58 Å². The van der Waals surface area contributed by atoms with Gasteiger partial charge in [-0.1, -0.05) is 24.3 Å². The van der Waals surface area contributed by atoms with Crippen LogP contribution in [0, 0.1) is 13.8 Å².